The van der Waals surface area contributed by atoms with Crippen molar-refractivity contribution in [2.75, 3.05) is 19.8 Å². The maximum absolute atomic E-state index is 11.7. The molecule has 4 N–H and O–H groups in total. The lowest BCUT2D eigenvalue weighted by Crippen LogP contribution is -2.58. The van der Waals surface area contributed by atoms with E-state index in [2.05, 4.69) is 0 Å². The highest BCUT2D eigenvalue weighted by Gasteiger charge is 2.55. The number of carboxylic acid groups (broad SMARTS) is 1. The first-order valence-electron chi connectivity index (χ1n) is 5.94. The normalized spacial score (nSPS) is 24.5. The van der Waals surface area contributed by atoms with Crippen molar-refractivity contribution < 1.29 is 29.3 Å². The number of aliphatic carboxylic acids is 1. The van der Waals surface area contributed by atoms with E-state index in [1.807, 2.05) is 0 Å². The fraction of sp³-hybridized carbons (Fsp3) is 0.545. The molecule has 0 bridgehead atoms. The number of amides is 1. The maximum atomic E-state index is 11.7. The van der Waals surface area contributed by atoms with Crippen molar-refractivity contribution in [1.29, 1.82) is 0 Å². The van der Waals surface area contributed by atoms with Crippen LogP contribution in [0.15, 0.2) is 10.6 Å². The minimum Gasteiger partial charge on any atom is -0.477 e. The van der Waals surface area contributed by atoms with Gasteiger partial charge in [-0.2, -0.15) is 0 Å². The van der Waals surface area contributed by atoms with E-state index in [1.165, 1.54) is 16.7 Å². The second-order valence-electron chi connectivity index (χ2n) is 4.26. The third-order valence-electron chi connectivity index (χ3n) is 3.08. The Labute approximate surface area is 118 Å². The van der Waals surface area contributed by atoms with Gasteiger partial charge >= 0.3 is 11.9 Å². The number of ether oxygens (including phenoxy) is 1. The summed E-state index contributed by atoms with van der Waals surface area (Å²) in [5.74, 6) is -2.74. The minimum absolute atomic E-state index is 0.00763. The average molecular weight is 302 g/mol. The number of carbonyl (C=O) groups is 3. The van der Waals surface area contributed by atoms with Gasteiger partial charge in [0, 0.05) is 11.3 Å². The first-order valence-corrected chi connectivity index (χ1v) is 6.82. The number of β-lactam (4-membered cyclic amide) rings is 1. The zero-order valence-corrected chi connectivity index (χ0v) is 11.3. The van der Waals surface area contributed by atoms with E-state index in [0.29, 0.717) is 4.91 Å². The van der Waals surface area contributed by atoms with Crippen molar-refractivity contribution in [3.63, 3.8) is 0 Å². The van der Waals surface area contributed by atoms with Gasteiger partial charge in [0.05, 0.1) is 25.7 Å². The number of carbonyl (C=O) groups excluding carboxylic acids is 2. The van der Waals surface area contributed by atoms with E-state index in [1.54, 1.807) is 0 Å². The minimum atomic E-state index is -1.20. The zero-order chi connectivity index (χ0) is 14.9. The molecule has 2 aliphatic heterocycles. The molecule has 0 spiro atoms. The Hall–Kier alpha value is -1.58. The number of rotatable bonds is 6. The number of aliphatic hydroxyl groups is 1. The zero-order valence-electron chi connectivity index (χ0n) is 10.4. The molecule has 0 unspecified atom stereocenters. The van der Waals surface area contributed by atoms with Crippen molar-refractivity contribution in [2.45, 2.75) is 11.8 Å². The van der Waals surface area contributed by atoms with E-state index < -0.39 is 23.8 Å². The van der Waals surface area contributed by atoms with Crippen LogP contribution in [0.3, 0.4) is 0 Å². The van der Waals surface area contributed by atoms with Crippen molar-refractivity contribution in [1.82, 2.24) is 4.90 Å². The van der Waals surface area contributed by atoms with E-state index in [-0.39, 0.29) is 37.3 Å². The van der Waals surface area contributed by atoms with Crippen LogP contribution in [0.1, 0.15) is 6.42 Å². The molecule has 1 fully saturated rings. The third-order valence-corrected chi connectivity index (χ3v) is 4.54. The van der Waals surface area contributed by atoms with E-state index in [4.69, 9.17) is 15.6 Å². The Morgan fingerprint density at radius 3 is 2.70 bits per heavy atom. The second-order valence-corrected chi connectivity index (χ2v) is 5.47. The fourth-order valence-corrected chi connectivity index (χ4v) is 3.59. The molecule has 1 saturated heterocycles. The number of nitrogens with zero attached hydrogens (tertiary/aromatic N) is 1. The molecule has 0 aliphatic carbocycles. The molecule has 0 aromatic carbocycles. The number of nitrogens with two attached hydrogens (primary N) is 1. The van der Waals surface area contributed by atoms with Gasteiger partial charge in [0.25, 0.3) is 0 Å². The molecule has 9 heteroatoms. The Morgan fingerprint density at radius 2 is 2.15 bits per heavy atom. The summed E-state index contributed by atoms with van der Waals surface area (Å²) in [5, 5.41) is 17.9. The van der Waals surface area contributed by atoms with Gasteiger partial charge < -0.3 is 20.7 Å². The summed E-state index contributed by atoms with van der Waals surface area (Å²) in [6.07, 6.45) is 0.205. The number of hydrogen-bond donors (Lipinski definition) is 3. The predicted octanol–water partition coefficient (Wildman–Crippen LogP) is -1.30. The standard InChI is InChI=1S/C11H14N2O6S/c12-3-7(15)19-2-1-6-8(11(17)18)13-9(16)5(4-14)10(13)20-6/h5,10,14H,1-4,12H2,(H,17,18)/t5-,10+/m0/s1. The molecule has 0 aromatic heterocycles. The molecule has 110 valence electrons. The Bertz CT molecular complexity index is 491. The lowest BCUT2D eigenvalue weighted by molar-refractivity contribution is -0.153. The van der Waals surface area contributed by atoms with Crippen LogP contribution in [0, 0.1) is 5.92 Å². The highest BCUT2D eigenvalue weighted by molar-refractivity contribution is 8.04. The average Bonchev–Trinajstić information content (AvgIpc) is 2.74. The Kier molecular flexibility index (Phi) is 4.31. The molecule has 0 radical (unpaired) electrons. The van der Waals surface area contributed by atoms with Gasteiger partial charge in [0.2, 0.25) is 5.91 Å². The second kappa shape index (κ2) is 5.81. The number of fused-ring (bicyclic) bond motifs is 1. The van der Waals surface area contributed by atoms with Gasteiger partial charge in [0.15, 0.2) is 0 Å². The first kappa shape index (κ1) is 14.8. The molecule has 0 aromatic rings. The van der Waals surface area contributed by atoms with Crippen LogP contribution in [0.2, 0.25) is 0 Å². The van der Waals surface area contributed by atoms with Gasteiger partial charge in [-0.1, -0.05) is 0 Å². The molecule has 8 nitrogen and oxygen atoms in total. The van der Waals surface area contributed by atoms with Crippen molar-refractivity contribution in [3.05, 3.63) is 10.6 Å². The van der Waals surface area contributed by atoms with Crippen molar-refractivity contribution in [3.8, 4) is 0 Å². The molecule has 1 amide bonds. The predicted molar refractivity (Wildman–Crippen MR) is 68.1 cm³/mol. The molecule has 2 rings (SSSR count). The number of esters is 1. The van der Waals surface area contributed by atoms with Crippen LogP contribution in [0.25, 0.3) is 0 Å². The van der Waals surface area contributed by atoms with E-state index >= 15 is 0 Å². The van der Waals surface area contributed by atoms with Crippen LogP contribution in [0.4, 0.5) is 0 Å². The molecular formula is C11H14N2O6S. The van der Waals surface area contributed by atoms with Crippen LogP contribution in [-0.2, 0) is 19.1 Å². The molecule has 2 heterocycles. The third kappa shape index (κ3) is 2.39. The summed E-state index contributed by atoms with van der Waals surface area (Å²) in [6.45, 7) is -0.541. The topological polar surface area (TPSA) is 130 Å². The van der Waals surface area contributed by atoms with Gasteiger partial charge in [-0.25, -0.2) is 4.79 Å². The quantitative estimate of drug-likeness (QED) is 0.407. The number of thioether (sulfide) groups is 1. The Balaban J connectivity index is 2.05. The smallest absolute Gasteiger partial charge is 0.353 e. The summed E-state index contributed by atoms with van der Waals surface area (Å²) in [6, 6.07) is 0. The summed E-state index contributed by atoms with van der Waals surface area (Å²) in [7, 11) is 0. The fourth-order valence-electron chi connectivity index (χ4n) is 2.12. The molecular weight excluding hydrogens is 288 g/mol. The van der Waals surface area contributed by atoms with E-state index in [9.17, 15) is 19.5 Å². The largest absolute Gasteiger partial charge is 0.477 e. The summed E-state index contributed by atoms with van der Waals surface area (Å²) >= 11 is 1.21. The highest BCUT2D eigenvalue weighted by Crippen LogP contribution is 2.49. The summed E-state index contributed by atoms with van der Waals surface area (Å²) in [4.78, 5) is 35.5. The lowest BCUT2D eigenvalue weighted by Gasteiger charge is -2.41. The number of hydrogen-bond acceptors (Lipinski definition) is 7. The van der Waals surface area contributed by atoms with Gasteiger partial charge in [-0.05, 0) is 0 Å². The van der Waals surface area contributed by atoms with Gasteiger partial charge in [0.1, 0.15) is 11.1 Å². The number of aliphatic hydroxyl groups excluding tert-OH is 1. The summed E-state index contributed by atoms with van der Waals surface area (Å²) < 4.78 is 4.79. The van der Waals surface area contributed by atoms with Crippen LogP contribution >= 0.6 is 11.8 Å². The van der Waals surface area contributed by atoms with Crippen molar-refractivity contribution in [2.24, 2.45) is 11.7 Å². The molecule has 20 heavy (non-hydrogen) atoms. The molecule has 2 aliphatic rings. The first-order chi connectivity index (χ1) is 9.51. The molecule has 0 saturated carbocycles. The highest BCUT2D eigenvalue weighted by atomic mass is 32.2. The van der Waals surface area contributed by atoms with E-state index in [0.717, 1.165) is 0 Å². The van der Waals surface area contributed by atoms with Gasteiger partial charge in [-0.3, -0.25) is 14.5 Å². The van der Waals surface area contributed by atoms with Crippen molar-refractivity contribution >= 4 is 29.6 Å². The Morgan fingerprint density at radius 1 is 1.45 bits per heavy atom. The van der Waals surface area contributed by atoms with Crippen LogP contribution in [-0.4, -0.2) is 58.1 Å². The lowest BCUT2D eigenvalue weighted by atomic mass is 9.98. The van der Waals surface area contributed by atoms with Crippen LogP contribution < -0.4 is 5.73 Å². The SMILES string of the molecule is NCC(=O)OCCC1=C(C(=O)O)N2C(=O)[C@H](CO)[C@H]2S1. The molecule has 2 atom stereocenters. The maximum Gasteiger partial charge on any atom is 0.353 e. The monoisotopic (exact) mass is 302 g/mol. The van der Waals surface area contributed by atoms with Crippen LogP contribution in [0.5, 0.6) is 0 Å². The van der Waals surface area contributed by atoms with Gasteiger partial charge in [-0.15, -0.1) is 11.8 Å². The summed E-state index contributed by atoms with van der Waals surface area (Å²) in [5.41, 5.74) is 5.00. The number of carboxylic acids is 1.